The number of nitrogens with zero attached hydrogens (tertiary/aromatic N) is 2. The van der Waals surface area contributed by atoms with Gasteiger partial charge in [0.05, 0.1) is 12.5 Å². The molecule has 0 saturated carbocycles. The highest BCUT2D eigenvalue weighted by Gasteiger charge is 2.09. The van der Waals surface area contributed by atoms with E-state index in [2.05, 4.69) is 11.0 Å². The molecule has 0 radical (unpaired) electrons. The van der Waals surface area contributed by atoms with Gasteiger partial charge in [-0.3, -0.25) is 0 Å². The van der Waals surface area contributed by atoms with Gasteiger partial charge in [0.2, 0.25) is 0 Å². The SMILES string of the molecule is N#CCCN(Cc1ccc(Cl)cc1Cl)c1ccccc1. The molecule has 0 spiro atoms. The molecule has 0 unspecified atom stereocenters. The molecule has 0 atom stereocenters. The Kier molecular flexibility index (Phi) is 5.29. The minimum absolute atomic E-state index is 0.472. The molecule has 2 aromatic carbocycles. The highest BCUT2D eigenvalue weighted by atomic mass is 35.5. The number of nitriles is 1. The van der Waals surface area contributed by atoms with Gasteiger partial charge >= 0.3 is 0 Å². The summed E-state index contributed by atoms with van der Waals surface area (Å²) in [6.07, 6.45) is 0.472. The largest absolute Gasteiger partial charge is 0.366 e. The molecule has 2 nitrogen and oxygen atoms in total. The van der Waals surface area contributed by atoms with Gasteiger partial charge in [0, 0.05) is 28.8 Å². The van der Waals surface area contributed by atoms with Gasteiger partial charge in [-0.15, -0.1) is 0 Å². The molecule has 0 amide bonds. The monoisotopic (exact) mass is 304 g/mol. The van der Waals surface area contributed by atoms with E-state index in [1.165, 1.54) is 0 Å². The summed E-state index contributed by atoms with van der Waals surface area (Å²) in [5, 5.41) is 10.1. The van der Waals surface area contributed by atoms with Crippen molar-refractivity contribution in [2.45, 2.75) is 13.0 Å². The van der Waals surface area contributed by atoms with E-state index >= 15 is 0 Å². The van der Waals surface area contributed by atoms with E-state index < -0.39 is 0 Å². The summed E-state index contributed by atoms with van der Waals surface area (Å²) in [5.41, 5.74) is 2.08. The molecule has 102 valence electrons. The van der Waals surface area contributed by atoms with Crippen molar-refractivity contribution in [2.75, 3.05) is 11.4 Å². The molecule has 0 aliphatic heterocycles. The maximum Gasteiger partial charge on any atom is 0.0640 e. The van der Waals surface area contributed by atoms with E-state index in [0.29, 0.717) is 29.6 Å². The van der Waals surface area contributed by atoms with Gasteiger partial charge in [-0.2, -0.15) is 5.26 Å². The average Bonchev–Trinajstić information content (AvgIpc) is 2.46. The summed E-state index contributed by atoms with van der Waals surface area (Å²) >= 11 is 12.1. The van der Waals surface area contributed by atoms with Crippen LogP contribution in [-0.4, -0.2) is 6.54 Å². The molecule has 0 aliphatic rings. The van der Waals surface area contributed by atoms with Crippen LogP contribution in [0.3, 0.4) is 0 Å². The molecule has 0 heterocycles. The summed E-state index contributed by atoms with van der Waals surface area (Å²) < 4.78 is 0. The van der Waals surface area contributed by atoms with Crippen LogP contribution in [0, 0.1) is 11.3 Å². The number of para-hydroxylation sites is 1. The van der Waals surface area contributed by atoms with Crippen molar-refractivity contribution in [1.29, 1.82) is 5.26 Å². The Labute approximate surface area is 129 Å². The van der Waals surface area contributed by atoms with Crippen molar-refractivity contribution in [3.63, 3.8) is 0 Å². The Morgan fingerprint density at radius 1 is 1.05 bits per heavy atom. The zero-order chi connectivity index (χ0) is 14.4. The van der Waals surface area contributed by atoms with Crippen LogP contribution in [-0.2, 0) is 6.54 Å². The standard InChI is InChI=1S/C16H14Cl2N2/c17-14-8-7-13(16(18)11-14)12-20(10-4-9-19)15-5-2-1-3-6-15/h1-3,5-8,11H,4,10,12H2. The minimum atomic E-state index is 0.472. The second-order valence-electron chi connectivity index (χ2n) is 4.40. The summed E-state index contributed by atoms with van der Waals surface area (Å²) in [7, 11) is 0. The van der Waals surface area contributed by atoms with Gasteiger partial charge < -0.3 is 4.90 Å². The molecule has 2 rings (SSSR count). The van der Waals surface area contributed by atoms with Crippen LogP contribution in [0.15, 0.2) is 48.5 Å². The molecule has 2 aromatic rings. The van der Waals surface area contributed by atoms with Crippen LogP contribution < -0.4 is 4.90 Å². The number of benzene rings is 2. The van der Waals surface area contributed by atoms with Crippen molar-refractivity contribution >= 4 is 28.9 Å². The first kappa shape index (κ1) is 14.7. The fourth-order valence-corrected chi connectivity index (χ4v) is 2.45. The maximum absolute atomic E-state index is 8.80. The third kappa shape index (κ3) is 3.90. The van der Waals surface area contributed by atoms with Crippen LogP contribution in [0.1, 0.15) is 12.0 Å². The fraction of sp³-hybridized carbons (Fsp3) is 0.188. The highest BCUT2D eigenvalue weighted by molar-refractivity contribution is 6.35. The van der Waals surface area contributed by atoms with Gasteiger partial charge in [-0.25, -0.2) is 0 Å². The highest BCUT2D eigenvalue weighted by Crippen LogP contribution is 2.24. The first-order valence-electron chi connectivity index (χ1n) is 6.31. The van der Waals surface area contributed by atoms with Crippen molar-refractivity contribution < 1.29 is 0 Å². The Morgan fingerprint density at radius 3 is 2.45 bits per heavy atom. The van der Waals surface area contributed by atoms with Crippen LogP contribution in [0.4, 0.5) is 5.69 Å². The van der Waals surface area contributed by atoms with Crippen molar-refractivity contribution in [3.05, 3.63) is 64.1 Å². The molecular formula is C16H14Cl2N2. The lowest BCUT2D eigenvalue weighted by Crippen LogP contribution is -2.23. The lowest BCUT2D eigenvalue weighted by atomic mass is 10.2. The smallest absolute Gasteiger partial charge is 0.0640 e. The molecule has 0 aromatic heterocycles. The molecule has 20 heavy (non-hydrogen) atoms. The second kappa shape index (κ2) is 7.19. The number of hydrogen-bond donors (Lipinski definition) is 0. The van der Waals surface area contributed by atoms with E-state index in [4.69, 9.17) is 28.5 Å². The predicted octanol–water partition coefficient (Wildman–Crippen LogP) is 4.91. The lowest BCUT2D eigenvalue weighted by Gasteiger charge is -2.24. The molecule has 4 heteroatoms. The van der Waals surface area contributed by atoms with Gasteiger partial charge in [-0.05, 0) is 29.8 Å². The van der Waals surface area contributed by atoms with Crippen molar-refractivity contribution in [2.24, 2.45) is 0 Å². The average molecular weight is 305 g/mol. The van der Waals surface area contributed by atoms with E-state index in [9.17, 15) is 0 Å². The maximum atomic E-state index is 8.80. The molecule has 0 bridgehead atoms. The van der Waals surface area contributed by atoms with E-state index in [1.807, 2.05) is 42.5 Å². The van der Waals surface area contributed by atoms with Crippen LogP contribution >= 0.6 is 23.2 Å². The zero-order valence-corrected chi connectivity index (χ0v) is 12.4. The Bertz CT molecular complexity index is 606. The minimum Gasteiger partial charge on any atom is -0.366 e. The predicted molar refractivity (Wildman–Crippen MR) is 84.2 cm³/mol. The quantitative estimate of drug-likeness (QED) is 0.784. The Hall–Kier alpha value is -1.69. The first-order chi connectivity index (χ1) is 9.70. The van der Waals surface area contributed by atoms with E-state index in [1.54, 1.807) is 6.07 Å². The second-order valence-corrected chi connectivity index (χ2v) is 5.24. The molecule has 0 N–H and O–H groups in total. The van der Waals surface area contributed by atoms with E-state index in [-0.39, 0.29) is 0 Å². The summed E-state index contributed by atoms with van der Waals surface area (Å²) in [6.45, 7) is 1.32. The van der Waals surface area contributed by atoms with Crippen LogP contribution in [0.25, 0.3) is 0 Å². The third-order valence-electron chi connectivity index (χ3n) is 2.99. The Balaban J connectivity index is 2.22. The first-order valence-corrected chi connectivity index (χ1v) is 7.07. The number of halogens is 2. The van der Waals surface area contributed by atoms with E-state index in [0.717, 1.165) is 11.3 Å². The molecule has 0 saturated heterocycles. The topological polar surface area (TPSA) is 27.0 Å². The van der Waals surface area contributed by atoms with Gasteiger partial charge in [-0.1, -0.05) is 47.5 Å². The van der Waals surface area contributed by atoms with Crippen LogP contribution in [0.2, 0.25) is 10.0 Å². The summed E-state index contributed by atoms with van der Waals surface area (Å²) in [6, 6.07) is 17.7. The normalized spacial score (nSPS) is 10.1. The fourth-order valence-electron chi connectivity index (χ4n) is 1.98. The lowest BCUT2D eigenvalue weighted by molar-refractivity contribution is 0.798. The number of rotatable bonds is 5. The van der Waals surface area contributed by atoms with Crippen molar-refractivity contribution in [3.8, 4) is 6.07 Å². The van der Waals surface area contributed by atoms with Crippen LogP contribution in [0.5, 0.6) is 0 Å². The number of anilines is 1. The van der Waals surface area contributed by atoms with Gasteiger partial charge in [0.15, 0.2) is 0 Å². The summed E-state index contributed by atoms with van der Waals surface area (Å²) in [4.78, 5) is 2.14. The van der Waals surface area contributed by atoms with Gasteiger partial charge in [0.25, 0.3) is 0 Å². The summed E-state index contributed by atoms with van der Waals surface area (Å²) in [5.74, 6) is 0. The van der Waals surface area contributed by atoms with Crippen molar-refractivity contribution in [1.82, 2.24) is 0 Å². The third-order valence-corrected chi connectivity index (χ3v) is 3.58. The zero-order valence-electron chi connectivity index (χ0n) is 10.9. The molecule has 0 aliphatic carbocycles. The molecule has 0 fully saturated rings. The number of hydrogen-bond acceptors (Lipinski definition) is 2. The van der Waals surface area contributed by atoms with Gasteiger partial charge in [0.1, 0.15) is 0 Å². The molecular weight excluding hydrogens is 291 g/mol. The Morgan fingerprint density at radius 2 is 1.80 bits per heavy atom.